The predicted octanol–water partition coefficient (Wildman–Crippen LogP) is 2.98. The summed E-state index contributed by atoms with van der Waals surface area (Å²) in [6.45, 7) is 1.47. The first-order valence-electron chi connectivity index (χ1n) is 5.39. The second-order valence-corrected chi connectivity index (χ2v) is 9.79. The van der Waals surface area contributed by atoms with Crippen molar-refractivity contribution in [2.75, 3.05) is 19.8 Å². The quantitative estimate of drug-likeness (QED) is 0.405. The van der Waals surface area contributed by atoms with E-state index in [1.54, 1.807) is 0 Å². The van der Waals surface area contributed by atoms with Crippen molar-refractivity contribution in [1.82, 2.24) is 0 Å². The number of halogens is 2. The number of ether oxygens (including phenoxy) is 2. The Bertz CT molecular complexity index is 175. The van der Waals surface area contributed by atoms with Gasteiger partial charge in [-0.3, -0.25) is 0 Å². The fraction of sp³-hybridized carbons (Fsp3) is 1.00. The summed E-state index contributed by atoms with van der Waals surface area (Å²) in [6, 6.07) is 0.705. The maximum Gasteiger partial charge on any atom is 0.389 e. The van der Waals surface area contributed by atoms with E-state index in [1.807, 2.05) is 6.92 Å². The molecule has 1 heterocycles. The lowest BCUT2D eigenvalue weighted by atomic mass is 10.4. The molecule has 1 aliphatic heterocycles. The molecule has 1 aliphatic rings. The van der Waals surface area contributed by atoms with E-state index in [0.717, 1.165) is 25.9 Å². The third-order valence-corrected chi connectivity index (χ3v) is 5.59. The highest BCUT2D eigenvalue weighted by Crippen LogP contribution is 2.24. The Balaban J connectivity index is 2.00. The fourth-order valence-electron chi connectivity index (χ4n) is 1.46. The Morgan fingerprint density at radius 1 is 1.47 bits per heavy atom. The Hall–Kier alpha value is 0.677. The number of hydrogen-bond acceptors (Lipinski definition) is 3. The summed E-state index contributed by atoms with van der Waals surface area (Å²) >= 11 is 12.1. The highest BCUT2D eigenvalue weighted by atomic mass is 35.7. The molecule has 90 valence electrons. The fourth-order valence-corrected chi connectivity index (χ4v) is 4.03. The first kappa shape index (κ1) is 13.7. The van der Waals surface area contributed by atoms with Crippen LogP contribution in [-0.4, -0.2) is 33.0 Å². The van der Waals surface area contributed by atoms with Gasteiger partial charge in [0.15, 0.2) is 6.29 Å². The van der Waals surface area contributed by atoms with Gasteiger partial charge in [0.2, 0.25) is 0 Å². The van der Waals surface area contributed by atoms with Crippen molar-refractivity contribution in [3.63, 3.8) is 0 Å². The molecule has 1 atom stereocenters. The van der Waals surface area contributed by atoms with E-state index in [0.29, 0.717) is 19.3 Å². The summed E-state index contributed by atoms with van der Waals surface area (Å²) in [5, 5.41) is 0. The van der Waals surface area contributed by atoms with Gasteiger partial charge in [0.05, 0.1) is 0 Å². The predicted molar refractivity (Wildman–Crippen MR) is 63.4 cm³/mol. The molecule has 0 bridgehead atoms. The summed E-state index contributed by atoms with van der Waals surface area (Å²) in [6.07, 6.45) is 2.90. The first-order valence-corrected chi connectivity index (χ1v) is 9.53. The van der Waals surface area contributed by atoms with Gasteiger partial charge in [-0.1, -0.05) is 0 Å². The average molecular weight is 273 g/mol. The zero-order valence-corrected chi connectivity index (χ0v) is 11.5. The molecule has 0 aromatic carbocycles. The van der Waals surface area contributed by atoms with E-state index >= 15 is 0 Å². The molecular weight excluding hydrogens is 255 g/mol. The maximum atomic E-state index is 6.03. The smallest absolute Gasteiger partial charge is 0.389 e. The Kier molecular flexibility index (Phi) is 6.50. The summed E-state index contributed by atoms with van der Waals surface area (Å²) < 4.78 is 16.1. The van der Waals surface area contributed by atoms with Gasteiger partial charge in [-0.15, -0.1) is 22.2 Å². The average Bonchev–Trinajstić information content (AvgIpc) is 2.65. The maximum absolute atomic E-state index is 6.03. The molecule has 1 fully saturated rings. The van der Waals surface area contributed by atoms with Gasteiger partial charge >= 0.3 is 6.94 Å². The van der Waals surface area contributed by atoms with Crippen LogP contribution in [0.1, 0.15) is 26.2 Å². The van der Waals surface area contributed by atoms with Crippen LogP contribution in [0.15, 0.2) is 0 Å². The minimum atomic E-state index is -2.46. The summed E-state index contributed by atoms with van der Waals surface area (Å²) in [4.78, 5) is 0. The van der Waals surface area contributed by atoms with Crippen LogP contribution in [0.2, 0.25) is 6.04 Å². The lowest BCUT2D eigenvalue weighted by Gasteiger charge is -2.16. The third kappa shape index (κ3) is 6.09. The van der Waals surface area contributed by atoms with Gasteiger partial charge in [-0.2, -0.15) is 0 Å². The molecule has 1 saturated heterocycles. The third-order valence-electron chi connectivity index (χ3n) is 2.16. The molecule has 1 unspecified atom stereocenters. The van der Waals surface area contributed by atoms with Crippen molar-refractivity contribution < 1.29 is 13.9 Å². The van der Waals surface area contributed by atoms with E-state index in [1.165, 1.54) is 0 Å². The van der Waals surface area contributed by atoms with Crippen molar-refractivity contribution in [2.24, 2.45) is 0 Å². The second kappa shape index (κ2) is 7.09. The standard InChI is InChI=1S/C9H18Cl2O3Si/c1-2-14-15(10,11)8-4-7-13-9-5-3-6-12-9/h9H,2-8H2,1H3. The topological polar surface area (TPSA) is 27.7 Å². The van der Waals surface area contributed by atoms with Gasteiger partial charge in [0, 0.05) is 26.2 Å². The molecule has 3 nitrogen and oxygen atoms in total. The van der Waals surface area contributed by atoms with E-state index in [9.17, 15) is 0 Å². The van der Waals surface area contributed by atoms with Crippen LogP contribution in [0.3, 0.4) is 0 Å². The normalized spacial score (nSPS) is 22.2. The van der Waals surface area contributed by atoms with E-state index in [4.69, 9.17) is 36.1 Å². The van der Waals surface area contributed by atoms with Crippen molar-refractivity contribution in [2.45, 2.75) is 38.5 Å². The second-order valence-electron chi connectivity index (χ2n) is 3.49. The molecule has 0 spiro atoms. The molecule has 0 aromatic rings. The van der Waals surface area contributed by atoms with Crippen molar-refractivity contribution in [3.8, 4) is 0 Å². The van der Waals surface area contributed by atoms with Gasteiger partial charge < -0.3 is 13.9 Å². The van der Waals surface area contributed by atoms with Gasteiger partial charge in [0.1, 0.15) is 0 Å². The van der Waals surface area contributed by atoms with Crippen LogP contribution in [-0.2, 0) is 13.9 Å². The van der Waals surface area contributed by atoms with E-state index in [-0.39, 0.29) is 6.29 Å². The van der Waals surface area contributed by atoms with Crippen LogP contribution in [0.4, 0.5) is 0 Å². The Morgan fingerprint density at radius 3 is 2.87 bits per heavy atom. The molecule has 0 amide bonds. The molecule has 0 aliphatic carbocycles. The molecule has 0 N–H and O–H groups in total. The monoisotopic (exact) mass is 272 g/mol. The number of rotatable bonds is 7. The van der Waals surface area contributed by atoms with E-state index in [2.05, 4.69) is 0 Å². The van der Waals surface area contributed by atoms with Crippen molar-refractivity contribution >= 4 is 29.1 Å². The summed E-state index contributed by atoms with van der Waals surface area (Å²) in [5.41, 5.74) is 0. The summed E-state index contributed by atoms with van der Waals surface area (Å²) in [7, 11) is 0. The minimum Gasteiger partial charge on any atom is -0.393 e. The number of hydrogen-bond donors (Lipinski definition) is 0. The largest absolute Gasteiger partial charge is 0.393 e. The molecule has 15 heavy (non-hydrogen) atoms. The zero-order valence-electron chi connectivity index (χ0n) is 9.01. The first-order chi connectivity index (χ1) is 7.14. The molecule has 0 aromatic heterocycles. The zero-order chi connectivity index (χ0) is 11.1. The molecule has 1 rings (SSSR count). The van der Waals surface area contributed by atoms with Crippen LogP contribution in [0.5, 0.6) is 0 Å². The van der Waals surface area contributed by atoms with Crippen molar-refractivity contribution in [3.05, 3.63) is 0 Å². The highest BCUT2D eigenvalue weighted by molar-refractivity contribution is 7.42. The molecular formula is C9H18Cl2O3Si. The summed E-state index contributed by atoms with van der Waals surface area (Å²) in [5.74, 6) is 0. The van der Waals surface area contributed by atoms with Gasteiger partial charge in [0.25, 0.3) is 0 Å². The molecule has 0 radical (unpaired) electrons. The lowest BCUT2D eigenvalue weighted by molar-refractivity contribution is -0.110. The van der Waals surface area contributed by atoms with Crippen LogP contribution in [0, 0.1) is 0 Å². The van der Waals surface area contributed by atoms with Crippen LogP contribution >= 0.6 is 22.2 Å². The molecule has 6 heteroatoms. The lowest BCUT2D eigenvalue weighted by Crippen LogP contribution is -2.25. The van der Waals surface area contributed by atoms with Crippen molar-refractivity contribution in [1.29, 1.82) is 0 Å². The van der Waals surface area contributed by atoms with Gasteiger partial charge in [-0.25, -0.2) is 0 Å². The minimum absolute atomic E-state index is 0.0150. The van der Waals surface area contributed by atoms with Crippen LogP contribution < -0.4 is 0 Å². The molecule has 0 saturated carbocycles. The SMILES string of the molecule is CCO[Si](Cl)(Cl)CCCOC1CCCO1. The Labute approximate surface area is 102 Å². The Morgan fingerprint density at radius 2 is 2.27 bits per heavy atom. The van der Waals surface area contributed by atoms with Crippen LogP contribution in [0.25, 0.3) is 0 Å². The van der Waals surface area contributed by atoms with Gasteiger partial charge in [-0.05, 0) is 25.8 Å². The highest BCUT2D eigenvalue weighted by Gasteiger charge is 2.29. The van der Waals surface area contributed by atoms with E-state index < -0.39 is 6.94 Å².